The van der Waals surface area contributed by atoms with E-state index in [1.807, 2.05) is 0 Å². The van der Waals surface area contributed by atoms with Crippen molar-refractivity contribution in [1.29, 1.82) is 0 Å². The molecule has 44 heavy (non-hydrogen) atoms. The summed E-state index contributed by atoms with van der Waals surface area (Å²) in [6, 6.07) is -1.10. The van der Waals surface area contributed by atoms with Crippen molar-refractivity contribution in [3.63, 3.8) is 0 Å². The van der Waals surface area contributed by atoms with Crippen LogP contribution in [-0.4, -0.2) is 89.0 Å². The van der Waals surface area contributed by atoms with Gasteiger partial charge in [-0.2, -0.15) is 4.98 Å². The molecule has 0 unspecified atom stereocenters. The molecule has 4 heterocycles. The molecule has 2 aromatic heterocycles. The zero-order valence-electron chi connectivity index (χ0n) is 24.1. The van der Waals surface area contributed by atoms with Crippen molar-refractivity contribution in [2.45, 2.75) is 37.3 Å². The molecule has 0 radical (unpaired) electrons. The van der Waals surface area contributed by atoms with Gasteiger partial charge in [0.25, 0.3) is 11.8 Å². The van der Waals surface area contributed by atoms with E-state index >= 15 is 0 Å². The molecule has 1 saturated heterocycles. The van der Waals surface area contributed by atoms with Crippen molar-refractivity contribution in [2.24, 2.45) is 17.6 Å². The van der Waals surface area contributed by atoms with Gasteiger partial charge in [-0.1, -0.05) is 16.9 Å². The fourth-order valence-electron chi connectivity index (χ4n) is 3.75. The van der Waals surface area contributed by atoms with Crippen LogP contribution in [0.25, 0.3) is 0 Å². The summed E-state index contributed by atoms with van der Waals surface area (Å²) >= 11 is 3.22. The van der Waals surface area contributed by atoms with Crippen LogP contribution in [0.2, 0.25) is 0 Å². The second-order valence-corrected chi connectivity index (χ2v) is 12.9. The number of fused-ring (bicyclic) bond motifs is 1. The smallest absolute Gasteiger partial charge is 0.543 e. The molecule has 230 valence electrons. The Hall–Kier alpha value is -3.17. The molecule has 4 N–H and O–H groups in total. The normalized spacial score (nSPS) is 18.1. The number of nitrogens with zero attached hydrogens (tertiary/aromatic N) is 6. The van der Waals surface area contributed by atoms with E-state index in [0.717, 1.165) is 28.0 Å². The molecule has 2 amide bonds. The van der Waals surface area contributed by atoms with Crippen molar-refractivity contribution < 1.29 is 68.5 Å². The van der Waals surface area contributed by atoms with Gasteiger partial charge in [0.1, 0.15) is 17.1 Å². The Balaban J connectivity index is 0.00000529. The van der Waals surface area contributed by atoms with Gasteiger partial charge in [-0.3, -0.25) is 24.1 Å². The number of thiazole rings is 1. The molecule has 0 spiro atoms. The molecule has 0 aliphatic carbocycles. The van der Waals surface area contributed by atoms with Gasteiger partial charge in [0.15, 0.2) is 16.0 Å². The van der Waals surface area contributed by atoms with E-state index in [4.69, 9.17) is 15.2 Å². The monoisotopic (exact) mass is 676 g/mol. The van der Waals surface area contributed by atoms with Gasteiger partial charge in [-0.25, -0.2) is 9.67 Å². The molecule has 4 rings (SSSR count). The van der Waals surface area contributed by atoms with Crippen molar-refractivity contribution in [3.05, 3.63) is 32.7 Å². The first-order chi connectivity index (χ1) is 20.2. The number of β-lactam (4-membered cyclic amide) rings is 1. The molecule has 0 bridgehead atoms. The summed E-state index contributed by atoms with van der Waals surface area (Å²) in [4.78, 5) is 70.8. The first-order valence-electron chi connectivity index (χ1n) is 12.2. The van der Waals surface area contributed by atoms with Crippen LogP contribution in [0.1, 0.15) is 26.5 Å². The summed E-state index contributed by atoms with van der Waals surface area (Å²) in [6.07, 6.45) is 0. The van der Waals surface area contributed by atoms with Crippen LogP contribution in [0.5, 0.6) is 5.88 Å². The summed E-state index contributed by atoms with van der Waals surface area (Å²) in [5.41, 5.74) is 3.49. The molecule has 21 heteroatoms. The van der Waals surface area contributed by atoms with Gasteiger partial charge in [-0.05, 0) is 26.3 Å². The van der Waals surface area contributed by atoms with Gasteiger partial charge in [-0.15, -0.1) is 28.2 Å². The third kappa shape index (κ3) is 7.54. The molecular formula is C23H25N8NaO9S3. The first-order valence-corrected chi connectivity index (χ1v) is 15.1. The second-order valence-electron chi connectivity index (χ2n) is 9.98. The van der Waals surface area contributed by atoms with Gasteiger partial charge in [0.05, 0.1) is 17.1 Å². The number of anilines is 1. The number of aliphatic carboxylic acids is 1. The minimum atomic E-state index is -1.59. The number of carbonyl (C=O) groups excluding carboxylic acids is 4. The van der Waals surface area contributed by atoms with E-state index in [0.29, 0.717) is 5.57 Å². The number of nitrogens with two attached hydrogens (primary N) is 1. The van der Waals surface area contributed by atoms with Gasteiger partial charge < -0.3 is 35.6 Å². The number of amides is 2. The third-order valence-electron chi connectivity index (χ3n) is 5.88. The number of aryl methyl sites for hydroxylation is 1. The average Bonchev–Trinajstić information content (AvgIpc) is 3.37. The van der Waals surface area contributed by atoms with E-state index < -0.39 is 64.5 Å². The quantitative estimate of drug-likeness (QED) is 0.0314. The summed E-state index contributed by atoms with van der Waals surface area (Å²) in [5.74, 6) is -3.96. The largest absolute Gasteiger partial charge is 1.00 e. The molecule has 2 atom stereocenters. The van der Waals surface area contributed by atoms with Crippen molar-refractivity contribution in [3.8, 4) is 5.88 Å². The van der Waals surface area contributed by atoms with Gasteiger partial charge >= 0.3 is 47.0 Å². The maximum atomic E-state index is 13.0. The fourth-order valence-corrected chi connectivity index (χ4v) is 6.69. The molecule has 17 nitrogen and oxygen atoms in total. The minimum absolute atomic E-state index is 0. The zero-order chi connectivity index (χ0) is 31.6. The molecule has 2 aromatic rings. The average molecular weight is 677 g/mol. The first kappa shape index (κ1) is 35.3. The number of carbonyl (C=O) groups is 4. The standard InChI is InChI=1S/C23H26N8O9S3.Na/c1-23(2,3)20(37)40-8-39-16-15(33)27-22(30(4)28-16)43-6-9-5-41-18-12(17(34)31(18)13(9)19(35)36)26-14(32)11(29-38)10-7-42-21(24)25-10;/h7,12,18,38H,5-6,8H2,1-4H3,(H2,24,25)(H,26,32)(H,35,36);/q;+1/p-1/b29-11-;/t12-,18-;/m1./s1. The van der Waals surface area contributed by atoms with Crippen LogP contribution in [0.15, 0.2) is 31.8 Å². The number of hydrogen-bond acceptors (Lipinski definition) is 17. The molecule has 2 aliphatic heterocycles. The summed E-state index contributed by atoms with van der Waals surface area (Å²) < 4.78 is 11.4. The van der Waals surface area contributed by atoms with Gasteiger partial charge in [0, 0.05) is 23.9 Å². The third-order valence-corrected chi connectivity index (χ3v) is 9.00. The van der Waals surface area contributed by atoms with Crippen LogP contribution >= 0.6 is 34.9 Å². The Labute approximate surface area is 283 Å². The van der Waals surface area contributed by atoms with E-state index in [9.17, 15) is 34.3 Å². The van der Waals surface area contributed by atoms with Crippen LogP contribution < -0.4 is 56.0 Å². The van der Waals surface area contributed by atoms with Crippen LogP contribution in [0.3, 0.4) is 0 Å². The number of hydrogen-bond donors (Lipinski definition) is 3. The number of ether oxygens (including phenoxy) is 2. The topological polar surface area (TPSA) is 244 Å². The number of rotatable bonds is 10. The zero-order valence-corrected chi connectivity index (χ0v) is 28.5. The van der Waals surface area contributed by atoms with Crippen LogP contribution in [0, 0.1) is 5.41 Å². The van der Waals surface area contributed by atoms with E-state index in [1.54, 1.807) is 20.8 Å². The number of thioether (sulfide) groups is 2. The second kappa shape index (κ2) is 14.3. The maximum Gasteiger partial charge on any atom is 1.00 e. The molecule has 1 fully saturated rings. The van der Waals surface area contributed by atoms with Crippen LogP contribution in [0.4, 0.5) is 5.13 Å². The Kier molecular flexibility index (Phi) is 11.5. The number of carboxylic acids is 1. The van der Waals surface area contributed by atoms with E-state index in [-0.39, 0.29) is 62.7 Å². The molecule has 2 aliphatic rings. The number of carboxylic acid groups (broad SMARTS) is 1. The number of nitrogens with one attached hydrogen (secondary N) is 1. The predicted octanol–water partition coefficient (Wildman–Crippen LogP) is -4.48. The summed E-state index contributed by atoms with van der Waals surface area (Å²) in [5, 5.41) is 31.7. The number of aromatic nitrogens is 4. The molecule has 0 saturated carbocycles. The van der Waals surface area contributed by atoms with Crippen molar-refractivity contribution >= 4 is 69.5 Å². The maximum absolute atomic E-state index is 13.0. The Morgan fingerprint density at radius 3 is 2.59 bits per heavy atom. The SMILES string of the molecule is Cn1nc(OCOC(=O)C(C)(C)C)c(=O)nc1SCC1=C(C(=O)[O-])N2C(=O)[C@@H](NC(=O)/C(=N\O)c3csc(N)n3)[C@H]2SC1.[Na+]. The van der Waals surface area contributed by atoms with E-state index in [2.05, 4.69) is 25.5 Å². The Bertz CT molecular complexity index is 1600. The summed E-state index contributed by atoms with van der Waals surface area (Å²) in [7, 11) is 1.48. The van der Waals surface area contributed by atoms with Crippen molar-refractivity contribution in [1.82, 2.24) is 30.0 Å². The molecular weight excluding hydrogens is 651 g/mol. The fraction of sp³-hybridized carbons (Fsp3) is 0.435. The predicted molar refractivity (Wildman–Crippen MR) is 151 cm³/mol. The minimum Gasteiger partial charge on any atom is -0.543 e. The summed E-state index contributed by atoms with van der Waals surface area (Å²) in [6.45, 7) is 4.44. The Morgan fingerprint density at radius 1 is 1.30 bits per heavy atom. The van der Waals surface area contributed by atoms with Gasteiger partial charge in [0.2, 0.25) is 6.79 Å². The Morgan fingerprint density at radius 2 is 2.00 bits per heavy atom. The van der Waals surface area contributed by atoms with Crippen LogP contribution in [-0.2, 0) is 31.0 Å². The number of esters is 1. The van der Waals surface area contributed by atoms with Crippen molar-refractivity contribution in [2.75, 3.05) is 24.0 Å². The number of nitrogen functional groups attached to an aromatic ring is 1. The molecule has 0 aromatic carbocycles. The number of oxime groups is 1. The van der Waals surface area contributed by atoms with E-state index in [1.165, 1.54) is 28.9 Å².